The first-order valence-electron chi connectivity index (χ1n) is 6.44. The zero-order valence-corrected chi connectivity index (χ0v) is 12.9. The van der Waals surface area contributed by atoms with E-state index in [1.165, 1.54) is 12.1 Å². The summed E-state index contributed by atoms with van der Waals surface area (Å²) in [6.07, 6.45) is -4.12. The third-order valence-electron chi connectivity index (χ3n) is 3.24. The minimum atomic E-state index is -6.32. The van der Waals surface area contributed by atoms with Gasteiger partial charge in [0, 0.05) is 0 Å². The first-order chi connectivity index (χ1) is 10.4. The zero-order valence-electron chi connectivity index (χ0n) is 12.1. The summed E-state index contributed by atoms with van der Waals surface area (Å²) in [5.74, 6) is -6.67. The Morgan fingerprint density at radius 2 is 1.57 bits per heavy atom. The van der Waals surface area contributed by atoms with Crippen molar-refractivity contribution >= 4 is 10.1 Å². The van der Waals surface area contributed by atoms with Crippen LogP contribution in [-0.4, -0.2) is 26.0 Å². The van der Waals surface area contributed by atoms with Gasteiger partial charge in [-0.1, -0.05) is 26.0 Å². The molecule has 0 aliphatic rings. The summed E-state index contributed by atoms with van der Waals surface area (Å²) in [5, 5.41) is -6.08. The van der Waals surface area contributed by atoms with E-state index < -0.39 is 33.5 Å². The summed E-state index contributed by atoms with van der Waals surface area (Å²) < 4.78 is 102. The van der Waals surface area contributed by atoms with Crippen molar-refractivity contribution in [1.82, 2.24) is 0 Å². The van der Waals surface area contributed by atoms with Crippen molar-refractivity contribution < 1.29 is 38.9 Å². The predicted molar refractivity (Wildman–Crippen MR) is 70.6 cm³/mol. The van der Waals surface area contributed by atoms with Crippen molar-refractivity contribution in [3.63, 3.8) is 0 Å². The normalized spacial score (nSPS) is 14.8. The van der Waals surface area contributed by atoms with Crippen LogP contribution in [0.2, 0.25) is 0 Å². The molecule has 0 bridgehead atoms. The quantitative estimate of drug-likeness (QED) is 0.532. The molecule has 0 saturated carbocycles. The molecule has 1 aromatic rings. The average molecular weight is 364 g/mol. The van der Waals surface area contributed by atoms with Gasteiger partial charge in [0.1, 0.15) is 5.75 Å². The van der Waals surface area contributed by atoms with Crippen LogP contribution in [0.4, 0.5) is 26.3 Å². The Morgan fingerprint density at radius 1 is 1.09 bits per heavy atom. The molecule has 1 aromatic carbocycles. The van der Waals surface area contributed by atoms with Gasteiger partial charge in [-0.05, 0) is 30.0 Å². The van der Waals surface area contributed by atoms with Gasteiger partial charge in [0.15, 0.2) is 0 Å². The summed E-state index contributed by atoms with van der Waals surface area (Å²) in [6, 6.07) is 4.69. The molecule has 1 unspecified atom stereocenters. The standard InChI is InChI=1S/C13H14F6O3S/c1-3-8(2)9-4-6-10(7-5-9)22-23(20,21)13(18,19)12(16,17)11(14)15/h4-8,11H,3H2,1-2H3. The highest BCUT2D eigenvalue weighted by molar-refractivity contribution is 7.88. The van der Waals surface area contributed by atoms with Crippen molar-refractivity contribution in [3.05, 3.63) is 29.8 Å². The van der Waals surface area contributed by atoms with Crippen LogP contribution in [0.15, 0.2) is 24.3 Å². The topological polar surface area (TPSA) is 43.4 Å². The smallest absolute Gasteiger partial charge is 0.378 e. The van der Waals surface area contributed by atoms with Crippen LogP contribution in [0.5, 0.6) is 5.75 Å². The number of halogens is 6. The number of rotatable bonds is 7. The van der Waals surface area contributed by atoms with Gasteiger partial charge in [-0.15, -0.1) is 0 Å². The van der Waals surface area contributed by atoms with E-state index in [4.69, 9.17) is 0 Å². The van der Waals surface area contributed by atoms with Gasteiger partial charge < -0.3 is 4.18 Å². The highest BCUT2D eigenvalue weighted by Crippen LogP contribution is 2.43. The molecule has 1 rings (SSSR count). The maximum atomic E-state index is 13.2. The predicted octanol–water partition coefficient (Wildman–Crippen LogP) is 4.40. The van der Waals surface area contributed by atoms with Gasteiger partial charge in [0.25, 0.3) is 0 Å². The maximum absolute atomic E-state index is 13.2. The second-order valence-electron chi connectivity index (χ2n) is 4.86. The molecular weight excluding hydrogens is 350 g/mol. The van der Waals surface area contributed by atoms with Crippen LogP contribution in [0.3, 0.4) is 0 Å². The first kappa shape index (κ1) is 19.6. The third kappa shape index (κ3) is 3.73. The van der Waals surface area contributed by atoms with Gasteiger partial charge in [-0.25, -0.2) is 8.78 Å². The minimum Gasteiger partial charge on any atom is -0.378 e. The largest absolute Gasteiger partial charge is 0.448 e. The molecule has 0 amide bonds. The summed E-state index contributed by atoms with van der Waals surface area (Å²) in [4.78, 5) is 0. The van der Waals surface area contributed by atoms with Gasteiger partial charge in [-0.2, -0.15) is 26.0 Å². The summed E-state index contributed by atoms with van der Waals surface area (Å²) >= 11 is 0. The lowest BCUT2D eigenvalue weighted by Gasteiger charge is -2.24. The maximum Gasteiger partial charge on any atom is 0.448 e. The van der Waals surface area contributed by atoms with E-state index >= 15 is 0 Å². The van der Waals surface area contributed by atoms with Gasteiger partial charge in [-0.3, -0.25) is 0 Å². The van der Waals surface area contributed by atoms with Crippen LogP contribution in [0, 0.1) is 0 Å². The van der Waals surface area contributed by atoms with Crippen molar-refractivity contribution in [2.45, 2.75) is 43.8 Å². The molecule has 0 aliphatic carbocycles. The molecule has 0 aromatic heterocycles. The van der Waals surface area contributed by atoms with Gasteiger partial charge in [0.2, 0.25) is 0 Å². The lowest BCUT2D eigenvalue weighted by molar-refractivity contribution is -0.227. The fraction of sp³-hybridized carbons (Fsp3) is 0.538. The van der Waals surface area contributed by atoms with Crippen molar-refractivity contribution in [1.29, 1.82) is 0 Å². The number of hydrogen-bond donors (Lipinski definition) is 0. The van der Waals surface area contributed by atoms with Crippen molar-refractivity contribution in [2.75, 3.05) is 0 Å². The van der Waals surface area contributed by atoms with E-state index in [9.17, 15) is 34.8 Å². The van der Waals surface area contributed by atoms with Crippen LogP contribution in [0.1, 0.15) is 31.7 Å². The number of hydrogen-bond acceptors (Lipinski definition) is 3. The van der Waals surface area contributed by atoms with Crippen LogP contribution in [-0.2, 0) is 10.1 Å². The van der Waals surface area contributed by atoms with E-state index in [0.717, 1.165) is 24.1 Å². The zero-order chi connectivity index (χ0) is 18.1. The summed E-state index contributed by atoms with van der Waals surface area (Å²) in [7, 11) is -6.32. The molecule has 132 valence electrons. The van der Waals surface area contributed by atoms with Gasteiger partial charge >= 0.3 is 27.7 Å². The Morgan fingerprint density at radius 3 is 1.96 bits per heavy atom. The van der Waals surface area contributed by atoms with E-state index in [1.807, 2.05) is 13.8 Å². The lowest BCUT2D eigenvalue weighted by atomic mass is 9.99. The fourth-order valence-electron chi connectivity index (χ4n) is 1.56. The Balaban J connectivity index is 3.07. The molecule has 10 heteroatoms. The molecule has 23 heavy (non-hydrogen) atoms. The van der Waals surface area contributed by atoms with Crippen LogP contribution >= 0.6 is 0 Å². The Labute approximate surface area is 129 Å². The Hall–Kier alpha value is -1.45. The highest BCUT2D eigenvalue weighted by Gasteiger charge is 2.72. The summed E-state index contributed by atoms with van der Waals surface area (Å²) in [5.41, 5.74) is 0.738. The molecule has 0 N–H and O–H groups in total. The number of alkyl halides is 6. The average Bonchev–Trinajstić information content (AvgIpc) is 2.46. The van der Waals surface area contributed by atoms with E-state index in [1.54, 1.807) is 0 Å². The molecule has 0 fully saturated rings. The van der Waals surface area contributed by atoms with Crippen molar-refractivity contribution in [3.8, 4) is 5.75 Å². The van der Waals surface area contributed by atoms with E-state index in [0.29, 0.717) is 0 Å². The second kappa shape index (κ2) is 6.58. The first-order valence-corrected chi connectivity index (χ1v) is 7.85. The molecule has 0 aliphatic heterocycles. The Bertz CT molecular complexity index is 628. The molecule has 1 atom stereocenters. The SMILES string of the molecule is CCC(C)c1ccc(OS(=O)(=O)C(F)(F)C(F)(F)C(F)F)cc1. The van der Waals surface area contributed by atoms with Crippen LogP contribution < -0.4 is 4.18 Å². The highest BCUT2D eigenvalue weighted by atomic mass is 32.2. The summed E-state index contributed by atoms with van der Waals surface area (Å²) in [6.45, 7) is 3.73. The molecule has 0 radical (unpaired) electrons. The third-order valence-corrected chi connectivity index (χ3v) is 4.56. The fourth-order valence-corrected chi connectivity index (χ4v) is 2.45. The van der Waals surface area contributed by atoms with E-state index in [2.05, 4.69) is 4.18 Å². The van der Waals surface area contributed by atoms with Crippen molar-refractivity contribution in [2.24, 2.45) is 0 Å². The lowest BCUT2D eigenvalue weighted by Crippen LogP contribution is -2.52. The Kier molecular flexibility index (Phi) is 5.61. The molecular formula is C13H14F6O3S. The van der Waals surface area contributed by atoms with Gasteiger partial charge in [0.05, 0.1) is 0 Å². The monoisotopic (exact) mass is 364 g/mol. The van der Waals surface area contributed by atoms with E-state index in [-0.39, 0.29) is 5.92 Å². The number of benzene rings is 1. The molecule has 0 heterocycles. The molecule has 0 spiro atoms. The van der Waals surface area contributed by atoms with Crippen LogP contribution in [0.25, 0.3) is 0 Å². The second-order valence-corrected chi connectivity index (χ2v) is 6.44. The minimum absolute atomic E-state index is 0.0882. The molecule has 3 nitrogen and oxygen atoms in total. The molecule has 0 saturated heterocycles.